The van der Waals surface area contributed by atoms with Crippen LogP contribution in [0.3, 0.4) is 0 Å². The third-order valence-electron chi connectivity index (χ3n) is 4.39. The Morgan fingerprint density at radius 2 is 1.62 bits per heavy atom. The molecule has 0 aliphatic rings. The Kier molecular flexibility index (Phi) is 6.95. The zero-order chi connectivity index (χ0) is 20.5. The van der Waals surface area contributed by atoms with Crippen LogP contribution in [0.25, 0.3) is 0 Å². The van der Waals surface area contributed by atoms with Gasteiger partial charge in [0.1, 0.15) is 12.4 Å². The Labute approximate surface area is 170 Å². The zero-order valence-electron chi connectivity index (χ0n) is 16.2. The summed E-state index contributed by atoms with van der Waals surface area (Å²) in [4.78, 5) is 29.9. The number of benzene rings is 2. The molecule has 29 heavy (non-hydrogen) atoms. The average Bonchev–Trinajstić information content (AvgIpc) is 2.78. The summed E-state index contributed by atoms with van der Waals surface area (Å²) in [5.41, 5.74) is 2.68. The second-order valence-electron chi connectivity index (χ2n) is 6.58. The fourth-order valence-electron chi connectivity index (χ4n) is 2.68. The molecule has 2 aromatic carbocycles. The number of carbonyl (C=O) groups excluding carboxylic acids is 2. The molecule has 0 unspecified atom stereocenters. The van der Waals surface area contributed by atoms with Crippen LogP contribution in [0, 0.1) is 0 Å². The normalized spacial score (nSPS) is 10.2. The number of anilines is 1. The van der Waals surface area contributed by atoms with E-state index in [9.17, 15) is 9.59 Å². The van der Waals surface area contributed by atoms with Crippen molar-refractivity contribution in [3.8, 4) is 5.75 Å². The Bertz CT molecular complexity index is 929. The number of pyridine rings is 1. The van der Waals surface area contributed by atoms with Gasteiger partial charge in [-0.1, -0.05) is 30.3 Å². The highest BCUT2D eigenvalue weighted by Crippen LogP contribution is 2.17. The topological polar surface area (TPSA) is 71.5 Å². The molecule has 148 valence electrons. The molecule has 6 nitrogen and oxygen atoms in total. The lowest BCUT2D eigenvalue weighted by atomic mass is 10.2. The van der Waals surface area contributed by atoms with E-state index in [-0.39, 0.29) is 0 Å². The first-order chi connectivity index (χ1) is 14.1. The highest BCUT2D eigenvalue weighted by Gasteiger charge is 2.18. The number of nitrogens with zero attached hydrogens (tertiary/aromatic N) is 2. The van der Waals surface area contributed by atoms with Gasteiger partial charge in [0.15, 0.2) is 0 Å². The minimum absolute atomic E-state index is 0.447. The van der Waals surface area contributed by atoms with E-state index in [1.54, 1.807) is 43.7 Å². The van der Waals surface area contributed by atoms with Gasteiger partial charge in [0.05, 0.1) is 0 Å². The maximum atomic E-state index is 12.3. The molecule has 2 amide bonds. The van der Waals surface area contributed by atoms with Crippen LogP contribution in [0.2, 0.25) is 0 Å². The van der Waals surface area contributed by atoms with Crippen LogP contribution in [0.4, 0.5) is 5.69 Å². The van der Waals surface area contributed by atoms with Crippen LogP contribution >= 0.6 is 0 Å². The lowest BCUT2D eigenvalue weighted by Gasteiger charge is -2.16. The standard InChI is InChI=1S/C23H23N3O3/c1-26(16-13-18-11-14-24-15-12-18)23(28)22(27)25-20-7-9-21(10-8-20)29-17-19-5-3-2-4-6-19/h2-12,14-15H,13,16-17H2,1H3,(H,25,27). The van der Waals surface area contributed by atoms with Gasteiger partial charge < -0.3 is 15.0 Å². The lowest BCUT2D eigenvalue weighted by molar-refractivity contribution is -0.142. The first-order valence-corrected chi connectivity index (χ1v) is 9.34. The summed E-state index contributed by atoms with van der Waals surface area (Å²) in [6.45, 7) is 0.913. The number of hydrogen-bond acceptors (Lipinski definition) is 4. The highest BCUT2D eigenvalue weighted by atomic mass is 16.5. The van der Waals surface area contributed by atoms with Crippen molar-refractivity contribution in [3.05, 3.63) is 90.3 Å². The molecular formula is C23H23N3O3. The van der Waals surface area contributed by atoms with Gasteiger partial charge in [-0.3, -0.25) is 14.6 Å². The van der Waals surface area contributed by atoms with Crippen molar-refractivity contribution in [1.82, 2.24) is 9.88 Å². The molecule has 0 aliphatic heterocycles. The number of carbonyl (C=O) groups is 2. The summed E-state index contributed by atoms with van der Waals surface area (Å²) in [5, 5.41) is 2.63. The molecule has 0 atom stereocenters. The third-order valence-corrected chi connectivity index (χ3v) is 4.39. The van der Waals surface area contributed by atoms with Crippen LogP contribution < -0.4 is 10.1 Å². The first kappa shape index (κ1) is 20.1. The van der Waals surface area contributed by atoms with E-state index >= 15 is 0 Å². The van der Waals surface area contributed by atoms with E-state index in [4.69, 9.17) is 4.74 Å². The molecule has 6 heteroatoms. The number of nitrogens with one attached hydrogen (secondary N) is 1. The molecule has 0 fully saturated rings. The van der Waals surface area contributed by atoms with Crippen LogP contribution in [0.1, 0.15) is 11.1 Å². The van der Waals surface area contributed by atoms with Crippen molar-refractivity contribution < 1.29 is 14.3 Å². The van der Waals surface area contributed by atoms with Gasteiger partial charge in [-0.05, 0) is 53.9 Å². The number of ether oxygens (including phenoxy) is 1. The zero-order valence-corrected chi connectivity index (χ0v) is 16.2. The summed E-state index contributed by atoms with van der Waals surface area (Å²) in [5.74, 6) is -0.559. The second-order valence-corrected chi connectivity index (χ2v) is 6.58. The maximum absolute atomic E-state index is 12.3. The van der Waals surface area contributed by atoms with Crippen molar-refractivity contribution in [1.29, 1.82) is 0 Å². The third kappa shape index (κ3) is 6.17. The highest BCUT2D eigenvalue weighted by molar-refractivity contribution is 6.39. The van der Waals surface area contributed by atoms with Crippen molar-refractivity contribution in [2.75, 3.05) is 18.9 Å². The van der Waals surface area contributed by atoms with E-state index < -0.39 is 11.8 Å². The minimum Gasteiger partial charge on any atom is -0.489 e. The molecule has 1 aromatic heterocycles. The van der Waals surface area contributed by atoms with Gasteiger partial charge in [0.2, 0.25) is 0 Å². The minimum atomic E-state index is -0.666. The van der Waals surface area contributed by atoms with E-state index in [1.807, 2.05) is 42.5 Å². The van der Waals surface area contributed by atoms with E-state index in [2.05, 4.69) is 10.3 Å². The van der Waals surface area contributed by atoms with Crippen LogP contribution in [-0.2, 0) is 22.6 Å². The number of hydrogen-bond donors (Lipinski definition) is 1. The SMILES string of the molecule is CN(CCc1ccncc1)C(=O)C(=O)Nc1ccc(OCc2ccccc2)cc1. The number of likely N-dealkylation sites (N-methyl/N-ethyl adjacent to an activating group) is 1. The molecule has 0 radical (unpaired) electrons. The monoisotopic (exact) mass is 389 g/mol. The lowest BCUT2D eigenvalue weighted by Crippen LogP contribution is -2.38. The molecule has 1 heterocycles. The Morgan fingerprint density at radius 3 is 2.31 bits per heavy atom. The quantitative estimate of drug-likeness (QED) is 0.630. The molecule has 1 N–H and O–H groups in total. The van der Waals surface area contributed by atoms with Crippen LogP contribution in [-0.4, -0.2) is 35.3 Å². The second kappa shape index (κ2) is 10.0. The molecule has 0 saturated heterocycles. The summed E-state index contributed by atoms with van der Waals surface area (Å²) in [6, 6.07) is 20.6. The Morgan fingerprint density at radius 1 is 0.931 bits per heavy atom. The number of aromatic nitrogens is 1. The average molecular weight is 389 g/mol. The van der Waals surface area contributed by atoms with Gasteiger partial charge in [-0.2, -0.15) is 0 Å². The fourth-order valence-corrected chi connectivity index (χ4v) is 2.68. The van der Waals surface area contributed by atoms with Gasteiger partial charge >= 0.3 is 11.8 Å². The molecule has 3 rings (SSSR count). The number of amides is 2. The Balaban J connectivity index is 1.47. The van der Waals surface area contributed by atoms with Crippen molar-refractivity contribution in [3.63, 3.8) is 0 Å². The smallest absolute Gasteiger partial charge is 0.313 e. The molecule has 0 bridgehead atoms. The molecular weight excluding hydrogens is 366 g/mol. The maximum Gasteiger partial charge on any atom is 0.313 e. The van der Waals surface area contributed by atoms with Crippen molar-refractivity contribution in [2.24, 2.45) is 0 Å². The predicted octanol–water partition coefficient (Wildman–Crippen LogP) is 3.30. The van der Waals surface area contributed by atoms with Crippen LogP contribution in [0.15, 0.2) is 79.1 Å². The summed E-state index contributed by atoms with van der Waals surface area (Å²) < 4.78 is 5.72. The van der Waals surface area contributed by atoms with Gasteiger partial charge in [-0.15, -0.1) is 0 Å². The van der Waals surface area contributed by atoms with Gasteiger partial charge in [0.25, 0.3) is 0 Å². The molecule has 3 aromatic rings. The summed E-state index contributed by atoms with van der Waals surface area (Å²) >= 11 is 0. The fraction of sp³-hybridized carbons (Fsp3) is 0.174. The summed E-state index contributed by atoms with van der Waals surface area (Å²) in [7, 11) is 1.61. The van der Waals surface area contributed by atoms with Crippen LogP contribution in [0.5, 0.6) is 5.75 Å². The van der Waals surface area contributed by atoms with Crippen molar-refractivity contribution >= 4 is 17.5 Å². The number of rotatable bonds is 7. The first-order valence-electron chi connectivity index (χ1n) is 9.34. The molecule has 0 aliphatic carbocycles. The Hall–Kier alpha value is -3.67. The molecule has 0 spiro atoms. The molecule has 0 saturated carbocycles. The van der Waals surface area contributed by atoms with Crippen molar-refractivity contribution in [2.45, 2.75) is 13.0 Å². The van der Waals surface area contributed by atoms with Gasteiger partial charge in [-0.25, -0.2) is 0 Å². The summed E-state index contributed by atoms with van der Waals surface area (Å²) in [6.07, 6.45) is 4.07. The van der Waals surface area contributed by atoms with E-state index in [0.29, 0.717) is 31.0 Å². The van der Waals surface area contributed by atoms with E-state index in [0.717, 1.165) is 11.1 Å². The largest absolute Gasteiger partial charge is 0.489 e. The van der Waals surface area contributed by atoms with E-state index in [1.165, 1.54) is 4.90 Å². The van der Waals surface area contributed by atoms with Gasteiger partial charge in [0, 0.05) is 31.7 Å². The predicted molar refractivity (Wildman–Crippen MR) is 111 cm³/mol.